The minimum absolute atomic E-state index is 0.0673. The largest absolute Gasteiger partial charge is 0.462 e. The molecule has 1 unspecified atom stereocenters. The van der Waals surface area contributed by atoms with Gasteiger partial charge in [-0.3, -0.25) is 14.4 Å². The quantitative estimate of drug-likeness (QED) is 0.0262. The van der Waals surface area contributed by atoms with Gasteiger partial charge in [0.15, 0.2) is 6.10 Å². The van der Waals surface area contributed by atoms with Crippen molar-refractivity contribution in [3.05, 3.63) is 12.2 Å². The molecule has 0 heterocycles. The molecule has 0 amide bonds. The Labute approximate surface area is 380 Å². The van der Waals surface area contributed by atoms with Gasteiger partial charge in [-0.15, -0.1) is 0 Å². The Bertz CT molecular complexity index is 947. The van der Waals surface area contributed by atoms with E-state index in [1.165, 1.54) is 193 Å². The van der Waals surface area contributed by atoms with Crippen molar-refractivity contribution in [1.29, 1.82) is 0 Å². The van der Waals surface area contributed by atoms with Gasteiger partial charge >= 0.3 is 17.9 Å². The fraction of sp³-hybridized carbons (Fsp3) is 0.909. The molecule has 0 saturated carbocycles. The molecule has 0 bridgehead atoms. The molecule has 6 nitrogen and oxygen atoms in total. The third-order valence-corrected chi connectivity index (χ3v) is 12.3. The van der Waals surface area contributed by atoms with E-state index < -0.39 is 6.10 Å². The summed E-state index contributed by atoms with van der Waals surface area (Å²) in [5, 5.41) is 0. The van der Waals surface area contributed by atoms with Crippen molar-refractivity contribution in [1.82, 2.24) is 0 Å². The minimum atomic E-state index is -0.765. The van der Waals surface area contributed by atoms with Crippen molar-refractivity contribution < 1.29 is 28.6 Å². The molecule has 0 saturated heterocycles. The molecular formula is C55H104O6. The summed E-state index contributed by atoms with van der Waals surface area (Å²) in [5.41, 5.74) is 0. The van der Waals surface area contributed by atoms with Crippen LogP contribution in [0.5, 0.6) is 0 Å². The Hall–Kier alpha value is -1.85. The number of hydrogen-bond acceptors (Lipinski definition) is 6. The van der Waals surface area contributed by atoms with Crippen LogP contribution in [0.2, 0.25) is 0 Å². The Morgan fingerprint density at radius 3 is 0.885 bits per heavy atom. The topological polar surface area (TPSA) is 78.9 Å². The van der Waals surface area contributed by atoms with Crippen molar-refractivity contribution in [3.8, 4) is 0 Å². The third kappa shape index (κ3) is 49.0. The minimum Gasteiger partial charge on any atom is -0.462 e. The molecule has 0 spiro atoms. The SMILES string of the molecule is CCC/C=C\CCCCCCCC(=O)OCC(COC(=O)CCCCCCCCCCCCCCCCCCCCCCCC)OC(=O)CCCCCCCCCCCCC. The molecule has 1 atom stereocenters. The van der Waals surface area contributed by atoms with E-state index in [-0.39, 0.29) is 31.1 Å². The lowest BCUT2D eigenvalue weighted by Gasteiger charge is -2.18. The van der Waals surface area contributed by atoms with Crippen LogP contribution in [0.4, 0.5) is 0 Å². The first-order valence-electron chi connectivity index (χ1n) is 27.2. The fourth-order valence-electron chi connectivity index (χ4n) is 8.15. The molecule has 360 valence electrons. The summed E-state index contributed by atoms with van der Waals surface area (Å²) in [5.74, 6) is -0.862. The summed E-state index contributed by atoms with van der Waals surface area (Å²) in [7, 11) is 0. The highest BCUT2D eigenvalue weighted by atomic mass is 16.6. The van der Waals surface area contributed by atoms with Crippen LogP contribution in [-0.2, 0) is 28.6 Å². The molecule has 0 aromatic rings. The molecule has 0 aliphatic rings. The number of hydrogen-bond donors (Lipinski definition) is 0. The number of allylic oxidation sites excluding steroid dienone is 2. The highest BCUT2D eigenvalue weighted by Gasteiger charge is 2.19. The van der Waals surface area contributed by atoms with Crippen molar-refractivity contribution in [2.24, 2.45) is 0 Å². The monoisotopic (exact) mass is 861 g/mol. The van der Waals surface area contributed by atoms with Crippen molar-refractivity contribution in [2.45, 2.75) is 309 Å². The van der Waals surface area contributed by atoms with Gasteiger partial charge in [-0.2, -0.15) is 0 Å². The van der Waals surface area contributed by atoms with E-state index in [4.69, 9.17) is 14.2 Å². The van der Waals surface area contributed by atoms with Crippen LogP contribution in [0.3, 0.4) is 0 Å². The normalized spacial score (nSPS) is 12.0. The van der Waals surface area contributed by atoms with Gasteiger partial charge in [0.25, 0.3) is 0 Å². The smallest absolute Gasteiger partial charge is 0.306 e. The standard InChI is InChI=1S/C55H104O6/c1-4-7-10-13-16-19-22-23-24-25-26-27-28-29-30-31-32-34-36-39-42-45-48-54(57)60-51-52(50-59-53(56)47-44-41-38-35-21-18-15-12-9-6-3)61-55(58)49-46-43-40-37-33-20-17-14-11-8-5-2/h12,15,52H,4-11,13-14,16-51H2,1-3H3/b15-12-. The van der Waals surface area contributed by atoms with Gasteiger partial charge in [0, 0.05) is 19.3 Å². The van der Waals surface area contributed by atoms with Gasteiger partial charge < -0.3 is 14.2 Å². The highest BCUT2D eigenvalue weighted by molar-refractivity contribution is 5.71. The number of carbonyl (C=O) groups is 3. The Balaban J connectivity index is 4.15. The van der Waals surface area contributed by atoms with Crippen LogP contribution in [0.15, 0.2) is 12.2 Å². The molecule has 6 heteroatoms. The number of esters is 3. The van der Waals surface area contributed by atoms with Crippen LogP contribution in [0, 0.1) is 0 Å². The number of unbranched alkanes of at least 4 members (excludes halogenated alkanes) is 37. The molecule has 61 heavy (non-hydrogen) atoms. The molecule has 0 aliphatic carbocycles. The van der Waals surface area contributed by atoms with E-state index in [0.29, 0.717) is 19.3 Å². The first-order valence-corrected chi connectivity index (χ1v) is 27.2. The second kappa shape index (κ2) is 50.8. The third-order valence-electron chi connectivity index (χ3n) is 12.3. The maximum Gasteiger partial charge on any atom is 0.306 e. The zero-order valence-electron chi connectivity index (χ0n) is 41.2. The van der Waals surface area contributed by atoms with Crippen LogP contribution in [0.25, 0.3) is 0 Å². The van der Waals surface area contributed by atoms with Gasteiger partial charge in [-0.1, -0.05) is 258 Å². The zero-order chi connectivity index (χ0) is 44.4. The summed E-state index contributed by atoms with van der Waals surface area (Å²) in [6.07, 6.45) is 56.4. The Morgan fingerprint density at radius 1 is 0.311 bits per heavy atom. The Kier molecular flexibility index (Phi) is 49.3. The molecule has 0 N–H and O–H groups in total. The average molecular weight is 861 g/mol. The van der Waals surface area contributed by atoms with Crippen molar-refractivity contribution >= 4 is 17.9 Å². The van der Waals surface area contributed by atoms with Gasteiger partial charge in [-0.25, -0.2) is 0 Å². The summed E-state index contributed by atoms with van der Waals surface area (Å²) in [4.78, 5) is 37.9. The van der Waals surface area contributed by atoms with E-state index in [0.717, 1.165) is 70.6 Å². The summed E-state index contributed by atoms with van der Waals surface area (Å²) >= 11 is 0. The van der Waals surface area contributed by atoms with Crippen LogP contribution in [0.1, 0.15) is 303 Å². The first-order chi connectivity index (χ1) is 30.0. The highest BCUT2D eigenvalue weighted by Crippen LogP contribution is 2.17. The second-order valence-electron chi connectivity index (χ2n) is 18.5. The lowest BCUT2D eigenvalue weighted by atomic mass is 10.0. The van der Waals surface area contributed by atoms with E-state index >= 15 is 0 Å². The molecule has 0 rings (SSSR count). The predicted octanol–water partition coefficient (Wildman–Crippen LogP) is 17.8. The number of rotatable bonds is 50. The van der Waals surface area contributed by atoms with Gasteiger partial charge in [0.2, 0.25) is 0 Å². The molecule has 0 radical (unpaired) electrons. The zero-order valence-corrected chi connectivity index (χ0v) is 41.2. The van der Waals surface area contributed by atoms with Crippen LogP contribution < -0.4 is 0 Å². The van der Waals surface area contributed by atoms with Gasteiger partial charge in [0.1, 0.15) is 13.2 Å². The number of carbonyl (C=O) groups excluding carboxylic acids is 3. The average Bonchev–Trinajstić information content (AvgIpc) is 3.26. The molecular weight excluding hydrogens is 757 g/mol. The van der Waals surface area contributed by atoms with Crippen molar-refractivity contribution in [2.75, 3.05) is 13.2 Å². The molecule has 0 aromatic heterocycles. The molecule has 0 aliphatic heterocycles. The lowest BCUT2D eigenvalue weighted by Crippen LogP contribution is -2.30. The molecule has 0 fully saturated rings. The summed E-state index contributed by atoms with van der Waals surface area (Å²) < 4.78 is 16.8. The maximum atomic E-state index is 12.7. The summed E-state index contributed by atoms with van der Waals surface area (Å²) in [6, 6.07) is 0. The van der Waals surface area contributed by atoms with E-state index in [1.807, 2.05) is 0 Å². The van der Waals surface area contributed by atoms with E-state index in [1.54, 1.807) is 0 Å². The van der Waals surface area contributed by atoms with Gasteiger partial charge in [0.05, 0.1) is 0 Å². The fourth-order valence-corrected chi connectivity index (χ4v) is 8.15. The number of ether oxygens (including phenoxy) is 3. The Morgan fingerprint density at radius 2 is 0.574 bits per heavy atom. The van der Waals surface area contributed by atoms with E-state index in [2.05, 4.69) is 32.9 Å². The van der Waals surface area contributed by atoms with Crippen molar-refractivity contribution in [3.63, 3.8) is 0 Å². The van der Waals surface area contributed by atoms with Crippen LogP contribution in [-0.4, -0.2) is 37.2 Å². The molecule has 0 aromatic carbocycles. The lowest BCUT2D eigenvalue weighted by molar-refractivity contribution is -0.167. The second-order valence-corrected chi connectivity index (χ2v) is 18.5. The van der Waals surface area contributed by atoms with Gasteiger partial charge in [-0.05, 0) is 38.5 Å². The van der Waals surface area contributed by atoms with E-state index in [9.17, 15) is 14.4 Å². The summed E-state index contributed by atoms with van der Waals surface area (Å²) in [6.45, 7) is 6.60. The maximum absolute atomic E-state index is 12.7. The first kappa shape index (κ1) is 59.1. The van der Waals surface area contributed by atoms with Crippen LogP contribution >= 0.6 is 0 Å². The predicted molar refractivity (Wildman–Crippen MR) is 261 cm³/mol.